The lowest BCUT2D eigenvalue weighted by atomic mass is 9.94. The second-order valence-electron chi connectivity index (χ2n) is 3.62. The van der Waals surface area contributed by atoms with Gasteiger partial charge in [-0.3, -0.25) is 0 Å². The molecule has 2 heterocycles. The molecule has 0 saturated carbocycles. The van der Waals surface area contributed by atoms with Crippen LogP contribution in [-0.2, 0) is 19.0 Å². The zero-order valence-corrected chi connectivity index (χ0v) is 7.91. The van der Waals surface area contributed by atoms with Crippen molar-refractivity contribution in [1.82, 2.24) is 0 Å². The van der Waals surface area contributed by atoms with Gasteiger partial charge in [0.05, 0.1) is 19.8 Å². The minimum atomic E-state index is -0.384. The van der Waals surface area contributed by atoms with Gasteiger partial charge in [0.2, 0.25) is 0 Å². The van der Waals surface area contributed by atoms with Gasteiger partial charge in [-0.25, -0.2) is 4.79 Å². The minimum Gasteiger partial charge on any atom is -0.464 e. The van der Waals surface area contributed by atoms with Gasteiger partial charge in [-0.1, -0.05) is 6.92 Å². The average molecular weight is 186 g/mol. The van der Waals surface area contributed by atoms with E-state index in [1.54, 1.807) is 6.92 Å². The largest absolute Gasteiger partial charge is 0.464 e. The molecule has 2 rings (SSSR count). The SMILES string of the molecule is CCOC(=O)C1OC12COCC2C. The van der Waals surface area contributed by atoms with Crippen molar-refractivity contribution in [3.63, 3.8) is 0 Å². The quantitative estimate of drug-likeness (QED) is 0.461. The van der Waals surface area contributed by atoms with Gasteiger partial charge in [0.15, 0.2) is 6.10 Å². The van der Waals surface area contributed by atoms with Gasteiger partial charge in [0, 0.05) is 5.92 Å². The average Bonchev–Trinajstić information content (AvgIpc) is 2.70. The third-order valence-corrected chi connectivity index (χ3v) is 2.75. The van der Waals surface area contributed by atoms with Crippen molar-refractivity contribution in [2.45, 2.75) is 25.6 Å². The van der Waals surface area contributed by atoms with Crippen molar-refractivity contribution in [3.05, 3.63) is 0 Å². The molecule has 4 nitrogen and oxygen atoms in total. The predicted octanol–water partition coefficient (Wildman–Crippen LogP) is 0.353. The van der Waals surface area contributed by atoms with Gasteiger partial charge in [-0.05, 0) is 6.92 Å². The molecule has 0 amide bonds. The van der Waals surface area contributed by atoms with Crippen molar-refractivity contribution < 1.29 is 19.0 Å². The van der Waals surface area contributed by atoms with Gasteiger partial charge in [0.1, 0.15) is 5.60 Å². The molecule has 0 aromatic carbocycles. The van der Waals surface area contributed by atoms with Crippen molar-refractivity contribution in [2.24, 2.45) is 5.92 Å². The molecule has 2 fully saturated rings. The first-order valence-corrected chi connectivity index (χ1v) is 4.63. The summed E-state index contributed by atoms with van der Waals surface area (Å²) < 4.78 is 15.5. The van der Waals surface area contributed by atoms with Crippen LogP contribution in [-0.4, -0.2) is 37.5 Å². The van der Waals surface area contributed by atoms with Crippen LogP contribution in [0.5, 0.6) is 0 Å². The van der Waals surface area contributed by atoms with E-state index in [1.807, 2.05) is 6.92 Å². The summed E-state index contributed by atoms with van der Waals surface area (Å²) in [5, 5.41) is 0. The molecule has 0 aliphatic carbocycles. The monoisotopic (exact) mass is 186 g/mol. The molecule has 74 valence electrons. The van der Waals surface area contributed by atoms with Gasteiger partial charge in [0.25, 0.3) is 0 Å². The van der Waals surface area contributed by atoms with Crippen LogP contribution in [0.4, 0.5) is 0 Å². The Bertz CT molecular complexity index is 228. The normalized spacial score (nSPS) is 42.3. The Morgan fingerprint density at radius 3 is 3.00 bits per heavy atom. The summed E-state index contributed by atoms with van der Waals surface area (Å²) in [4.78, 5) is 11.3. The number of ether oxygens (including phenoxy) is 3. The van der Waals surface area contributed by atoms with E-state index in [2.05, 4.69) is 0 Å². The van der Waals surface area contributed by atoms with Crippen molar-refractivity contribution in [3.8, 4) is 0 Å². The molecule has 2 aliphatic rings. The Kier molecular flexibility index (Phi) is 2.04. The summed E-state index contributed by atoms with van der Waals surface area (Å²) in [5.74, 6) is 0.0433. The molecule has 2 saturated heterocycles. The third-order valence-electron chi connectivity index (χ3n) is 2.75. The number of carbonyl (C=O) groups is 1. The number of hydrogen-bond donors (Lipinski definition) is 0. The molecule has 2 aliphatic heterocycles. The molecule has 0 N–H and O–H groups in total. The molecule has 0 bridgehead atoms. The van der Waals surface area contributed by atoms with E-state index in [1.165, 1.54) is 0 Å². The van der Waals surface area contributed by atoms with E-state index < -0.39 is 0 Å². The fraction of sp³-hybridized carbons (Fsp3) is 0.889. The Balaban J connectivity index is 1.96. The van der Waals surface area contributed by atoms with Crippen LogP contribution < -0.4 is 0 Å². The molecule has 4 heteroatoms. The molecule has 13 heavy (non-hydrogen) atoms. The van der Waals surface area contributed by atoms with E-state index in [4.69, 9.17) is 14.2 Å². The summed E-state index contributed by atoms with van der Waals surface area (Å²) in [6.45, 7) is 5.44. The fourth-order valence-electron chi connectivity index (χ4n) is 1.81. The number of esters is 1. The lowest BCUT2D eigenvalue weighted by molar-refractivity contribution is -0.144. The Hall–Kier alpha value is -0.610. The van der Waals surface area contributed by atoms with E-state index in [0.717, 1.165) is 0 Å². The molecule has 1 spiro atoms. The second kappa shape index (κ2) is 2.96. The molecule has 0 radical (unpaired) electrons. The fourth-order valence-corrected chi connectivity index (χ4v) is 1.81. The van der Waals surface area contributed by atoms with E-state index >= 15 is 0 Å². The highest BCUT2D eigenvalue weighted by Gasteiger charge is 2.67. The van der Waals surface area contributed by atoms with Gasteiger partial charge in [-0.2, -0.15) is 0 Å². The highest BCUT2D eigenvalue weighted by atomic mass is 16.7. The summed E-state index contributed by atoms with van der Waals surface area (Å²) >= 11 is 0. The van der Waals surface area contributed by atoms with Gasteiger partial charge >= 0.3 is 5.97 Å². The summed E-state index contributed by atoms with van der Waals surface area (Å²) in [7, 11) is 0. The zero-order valence-electron chi connectivity index (χ0n) is 7.91. The molecule has 3 unspecified atom stereocenters. The van der Waals surface area contributed by atoms with Crippen LogP contribution in [0, 0.1) is 5.92 Å². The lowest BCUT2D eigenvalue weighted by Gasteiger charge is -2.06. The minimum absolute atomic E-state index is 0.250. The Morgan fingerprint density at radius 1 is 1.69 bits per heavy atom. The number of epoxide rings is 1. The molecular weight excluding hydrogens is 172 g/mol. The molecule has 3 atom stereocenters. The summed E-state index contributed by atoms with van der Waals surface area (Å²) in [5.41, 5.74) is -0.355. The van der Waals surface area contributed by atoms with Gasteiger partial charge in [-0.15, -0.1) is 0 Å². The van der Waals surface area contributed by atoms with Crippen molar-refractivity contribution in [1.29, 1.82) is 0 Å². The maximum atomic E-state index is 11.3. The third kappa shape index (κ3) is 1.25. The van der Waals surface area contributed by atoms with Crippen LogP contribution in [0.1, 0.15) is 13.8 Å². The molecule has 0 aromatic rings. The molecule has 0 aromatic heterocycles. The van der Waals surface area contributed by atoms with E-state index in [9.17, 15) is 4.79 Å². The number of rotatable bonds is 2. The second-order valence-corrected chi connectivity index (χ2v) is 3.62. The molecular formula is C9H14O4. The maximum absolute atomic E-state index is 11.3. The van der Waals surface area contributed by atoms with Gasteiger partial charge < -0.3 is 14.2 Å². The summed E-state index contributed by atoms with van der Waals surface area (Å²) in [6, 6.07) is 0. The van der Waals surface area contributed by atoms with E-state index in [0.29, 0.717) is 25.7 Å². The first kappa shape index (κ1) is 8.97. The van der Waals surface area contributed by atoms with Crippen LogP contribution >= 0.6 is 0 Å². The van der Waals surface area contributed by atoms with Crippen LogP contribution in [0.3, 0.4) is 0 Å². The first-order valence-electron chi connectivity index (χ1n) is 4.63. The maximum Gasteiger partial charge on any atom is 0.338 e. The number of hydrogen-bond acceptors (Lipinski definition) is 4. The van der Waals surface area contributed by atoms with Crippen molar-refractivity contribution >= 4 is 5.97 Å². The highest BCUT2D eigenvalue weighted by molar-refractivity contribution is 5.79. The van der Waals surface area contributed by atoms with Crippen LogP contribution in [0.2, 0.25) is 0 Å². The van der Waals surface area contributed by atoms with E-state index in [-0.39, 0.29) is 17.7 Å². The standard InChI is InChI=1S/C9H14O4/c1-3-12-8(10)7-9(13-7)5-11-4-6(9)2/h6-7H,3-5H2,1-2H3. The zero-order chi connectivity index (χ0) is 9.47. The lowest BCUT2D eigenvalue weighted by Crippen LogP contribution is -2.28. The topological polar surface area (TPSA) is 48.1 Å². The Labute approximate surface area is 77.1 Å². The van der Waals surface area contributed by atoms with Crippen LogP contribution in [0.15, 0.2) is 0 Å². The Morgan fingerprint density at radius 2 is 2.46 bits per heavy atom. The summed E-state index contributed by atoms with van der Waals surface area (Å²) in [6.07, 6.45) is -0.384. The highest BCUT2D eigenvalue weighted by Crippen LogP contribution is 2.47. The predicted molar refractivity (Wildman–Crippen MR) is 44.2 cm³/mol. The number of carbonyl (C=O) groups excluding carboxylic acids is 1. The first-order chi connectivity index (χ1) is 6.20. The smallest absolute Gasteiger partial charge is 0.338 e. The van der Waals surface area contributed by atoms with Crippen molar-refractivity contribution in [2.75, 3.05) is 19.8 Å². The van der Waals surface area contributed by atoms with Crippen LogP contribution in [0.25, 0.3) is 0 Å².